The lowest BCUT2D eigenvalue weighted by Crippen LogP contribution is -2.22. The predicted octanol–water partition coefficient (Wildman–Crippen LogP) is 1.60. The van der Waals surface area contributed by atoms with Gasteiger partial charge in [0.05, 0.1) is 11.5 Å². The first-order chi connectivity index (χ1) is 8.60. The summed E-state index contributed by atoms with van der Waals surface area (Å²) in [5.41, 5.74) is 0.862. The van der Waals surface area contributed by atoms with Gasteiger partial charge in [0, 0.05) is 13.1 Å². The Labute approximate surface area is 104 Å². The molecule has 0 saturated carbocycles. The van der Waals surface area contributed by atoms with E-state index in [1.807, 2.05) is 4.90 Å². The molecule has 1 fully saturated rings. The number of hydrogen-bond donors (Lipinski definition) is 1. The molecule has 0 bridgehead atoms. The monoisotopic (exact) mass is 248 g/mol. The van der Waals surface area contributed by atoms with Crippen LogP contribution in [0.2, 0.25) is 0 Å². The summed E-state index contributed by atoms with van der Waals surface area (Å²) in [5.74, 6) is -1.61. The minimum absolute atomic E-state index is 0.0291. The molecular weight excluding hydrogens is 235 g/mol. The maximum atomic E-state index is 13.1. The number of nitriles is 1. The first kappa shape index (κ1) is 12.5. The van der Waals surface area contributed by atoms with Crippen molar-refractivity contribution in [1.29, 1.82) is 5.26 Å². The van der Waals surface area contributed by atoms with E-state index in [0.29, 0.717) is 19.5 Å². The van der Waals surface area contributed by atoms with Crippen molar-refractivity contribution in [3.63, 3.8) is 0 Å². The van der Waals surface area contributed by atoms with E-state index in [9.17, 15) is 9.18 Å². The number of carboxylic acids is 1. The van der Waals surface area contributed by atoms with Crippen LogP contribution in [-0.2, 0) is 11.3 Å². The summed E-state index contributed by atoms with van der Waals surface area (Å²) in [7, 11) is 0. The van der Waals surface area contributed by atoms with Crippen LogP contribution in [0.1, 0.15) is 17.5 Å². The van der Waals surface area contributed by atoms with E-state index < -0.39 is 11.8 Å². The third kappa shape index (κ3) is 2.66. The fourth-order valence-electron chi connectivity index (χ4n) is 2.19. The smallest absolute Gasteiger partial charge is 0.307 e. The maximum Gasteiger partial charge on any atom is 0.307 e. The molecule has 4 nitrogen and oxygen atoms in total. The molecule has 1 aromatic rings. The Bertz CT molecular complexity index is 510. The van der Waals surface area contributed by atoms with Gasteiger partial charge in [0.1, 0.15) is 11.9 Å². The quantitative estimate of drug-likeness (QED) is 0.882. The number of hydrogen-bond acceptors (Lipinski definition) is 3. The lowest BCUT2D eigenvalue weighted by Gasteiger charge is -2.15. The molecular formula is C13H13FN2O2. The van der Waals surface area contributed by atoms with Gasteiger partial charge < -0.3 is 5.11 Å². The SMILES string of the molecule is N#Cc1cc(CN2CCC(C(=O)O)C2)ccc1F. The molecule has 94 valence electrons. The Morgan fingerprint density at radius 2 is 2.39 bits per heavy atom. The number of nitrogens with zero attached hydrogens (tertiary/aromatic N) is 2. The number of benzene rings is 1. The first-order valence-electron chi connectivity index (χ1n) is 5.74. The number of aliphatic carboxylic acids is 1. The number of carbonyl (C=O) groups is 1. The van der Waals surface area contributed by atoms with Crippen LogP contribution in [0.5, 0.6) is 0 Å². The molecule has 0 radical (unpaired) electrons. The zero-order valence-electron chi connectivity index (χ0n) is 9.77. The van der Waals surface area contributed by atoms with E-state index in [4.69, 9.17) is 10.4 Å². The third-order valence-corrected chi connectivity index (χ3v) is 3.18. The molecule has 18 heavy (non-hydrogen) atoms. The standard InChI is InChI=1S/C13H13FN2O2/c14-12-2-1-9(5-11(12)6-15)7-16-4-3-10(8-16)13(17)18/h1-2,5,10H,3-4,7-8H2,(H,17,18). The van der Waals surface area contributed by atoms with E-state index in [0.717, 1.165) is 12.1 Å². The summed E-state index contributed by atoms with van der Waals surface area (Å²) in [6.45, 7) is 1.78. The number of rotatable bonds is 3. The molecule has 2 rings (SSSR count). The second-order valence-corrected chi connectivity index (χ2v) is 4.48. The molecule has 0 aromatic heterocycles. The van der Waals surface area contributed by atoms with Crippen LogP contribution in [0.25, 0.3) is 0 Å². The topological polar surface area (TPSA) is 64.3 Å². The molecule has 1 aromatic carbocycles. The fraction of sp³-hybridized carbons (Fsp3) is 0.385. The highest BCUT2D eigenvalue weighted by molar-refractivity contribution is 5.70. The lowest BCUT2D eigenvalue weighted by molar-refractivity contribution is -0.141. The Morgan fingerprint density at radius 1 is 1.61 bits per heavy atom. The van der Waals surface area contributed by atoms with Gasteiger partial charge in [0.25, 0.3) is 0 Å². The Morgan fingerprint density at radius 3 is 3.00 bits per heavy atom. The average Bonchev–Trinajstić information content (AvgIpc) is 2.80. The number of carboxylic acid groups (broad SMARTS) is 1. The van der Waals surface area contributed by atoms with Crippen LogP contribution in [0, 0.1) is 23.1 Å². The van der Waals surface area contributed by atoms with E-state index in [1.54, 1.807) is 12.1 Å². The molecule has 1 atom stereocenters. The van der Waals surface area contributed by atoms with Crippen LogP contribution < -0.4 is 0 Å². The first-order valence-corrected chi connectivity index (χ1v) is 5.74. The van der Waals surface area contributed by atoms with Gasteiger partial charge in [-0.25, -0.2) is 4.39 Å². The zero-order chi connectivity index (χ0) is 13.1. The van der Waals surface area contributed by atoms with Crippen LogP contribution >= 0.6 is 0 Å². The van der Waals surface area contributed by atoms with Crippen LogP contribution in [0.3, 0.4) is 0 Å². The molecule has 1 unspecified atom stereocenters. The Hall–Kier alpha value is -1.93. The zero-order valence-corrected chi connectivity index (χ0v) is 9.77. The highest BCUT2D eigenvalue weighted by Crippen LogP contribution is 2.19. The summed E-state index contributed by atoms with van der Waals surface area (Å²) >= 11 is 0. The van der Waals surface area contributed by atoms with Crippen molar-refractivity contribution in [3.05, 3.63) is 35.1 Å². The summed E-state index contributed by atoms with van der Waals surface area (Å²) < 4.78 is 13.1. The lowest BCUT2D eigenvalue weighted by atomic mass is 10.1. The summed E-state index contributed by atoms with van der Waals surface area (Å²) in [4.78, 5) is 12.8. The molecule has 0 spiro atoms. The molecule has 1 aliphatic rings. The minimum Gasteiger partial charge on any atom is -0.481 e. The molecule has 0 amide bonds. The maximum absolute atomic E-state index is 13.1. The van der Waals surface area contributed by atoms with Gasteiger partial charge in [0.15, 0.2) is 0 Å². The van der Waals surface area contributed by atoms with E-state index in [2.05, 4.69) is 0 Å². The Balaban J connectivity index is 2.03. The summed E-state index contributed by atoms with van der Waals surface area (Å²) in [6, 6.07) is 6.22. The molecule has 0 aliphatic carbocycles. The van der Waals surface area contributed by atoms with Crippen molar-refractivity contribution in [2.75, 3.05) is 13.1 Å². The van der Waals surface area contributed by atoms with Crippen LogP contribution in [0.15, 0.2) is 18.2 Å². The van der Waals surface area contributed by atoms with E-state index in [1.165, 1.54) is 12.1 Å². The van der Waals surface area contributed by atoms with E-state index in [-0.39, 0.29) is 11.5 Å². The molecule has 1 N–H and O–H groups in total. The highest BCUT2D eigenvalue weighted by Gasteiger charge is 2.27. The normalized spacial score (nSPS) is 19.7. The van der Waals surface area contributed by atoms with Crippen molar-refractivity contribution in [3.8, 4) is 6.07 Å². The second-order valence-electron chi connectivity index (χ2n) is 4.48. The van der Waals surface area contributed by atoms with Gasteiger partial charge in [-0.05, 0) is 30.7 Å². The van der Waals surface area contributed by atoms with Crippen molar-refractivity contribution in [2.45, 2.75) is 13.0 Å². The molecule has 5 heteroatoms. The van der Waals surface area contributed by atoms with Gasteiger partial charge in [0.2, 0.25) is 0 Å². The third-order valence-electron chi connectivity index (χ3n) is 3.18. The predicted molar refractivity (Wildman–Crippen MR) is 62.1 cm³/mol. The van der Waals surface area contributed by atoms with Crippen LogP contribution in [0.4, 0.5) is 4.39 Å². The van der Waals surface area contributed by atoms with Crippen molar-refractivity contribution < 1.29 is 14.3 Å². The molecule has 1 saturated heterocycles. The Kier molecular flexibility index (Phi) is 3.58. The van der Waals surface area contributed by atoms with Crippen LogP contribution in [-0.4, -0.2) is 29.1 Å². The minimum atomic E-state index is -0.769. The van der Waals surface area contributed by atoms with Gasteiger partial charge >= 0.3 is 5.97 Å². The van der Waals surface area contributed by atoms with Gasteiger partial charge in [-0.15, -0.1) is 0 Å². The van der Waals surface area contributed by atoms with Crippen molar-refractivity contribution >= 4 is 5.97 Å². The van der Waals surface area contributed by atoms with Gasteiger partial charge in [-0.2, -0.15) is 5.26 Å². The van der Waals surface area contributed by atoms with Gasteiger partial charge in [-0.3, -0.25) is 9.69 Å². The summed E-state index contributed by atoms with van der Waals surface area (Å²) in [5, 5.41) is 17.6. The van der Waals surface area contributed by atoms with Crippen molar-refractivity contribution in [2.24, 2.45) is 5.92 Å². The number of halogens is 1. The highest BCUT2D eigenvalue weighted by atomic mass is 19.1. The summed E-state index contributed by atoms with van der Waals surface area (Å²) in [6.07, 6.45) is 0.641. The fourth-order valence-corrected chi connectivity index (χ4v) is 2.19. The second kappa shape index (κ2) is 5.15. The van der Waals surface area contributed by atoms with Crippen molar-refractivity contribution in [1.82, 2.24) is 4.90 Å². The van der Waals surface area contributed by atoms with E-state index >= 15 is 0 Å². The average molecular weight is 248 g/mol. The molecule has 1 heterocycles. The largest absolute Gasteiger partial charge is 0.481 e. The molecule has 1 aliphatic heterocycles. The van der Waals surface area contributed by atoms with Gasteiger partial charge in [-0.1, -0.05) is 6.07 Å². The number of likely N-dealkylation sites (tertiary alicyclic amines) is 1.